The van der Waals surface area contributed by atoms with Gasteiger partial charge in [0.25, 0.3) is 0 Å². The van der Waals surface area contributed by atoms with E-state index in [2.05, 4.69) is 5.10 Å². The zero-order valence-corrected chi connectivity index (χ0v) is 11.2. The first-order chi connectivity index (χ1) is 8.48. The molecule has 1 aromatic heterocycles. The molecule has 1 aliphatic rings. The van der Waals surface area contributed by atoms with Crippen LogP contribution in [-0.4, -0.2) is 33.2 Å². The lowest BCUT2D eigenvalue weighted by molar-refractivity contribution is -0.131. The maximum absolute atomic E-state index is 12.1. The smallest absolute Gasteiger partial charge is 0.224 e. The van der Waals surface area contributed by atoms with Gasteiger partial charge in [-0.3, -0.25) is 9.48 Å². The third-order valence-electron chi connectivity index (χ3n) is 3.71. The minimum atomic E-state index is -0.264. The summed E-state index contributed by atoms with van der Waals surface area (Å²) < 4.78 is 1.75. The van der Waals surface area contributed by atoms with Gasteiger partial charge in [0.15, 0.2) is 0 Å². The summed E-state index contributed by atoms with van der Waals surface area (Å²) in [5.74, 6) is 0.128. The first-order valence-corrected chi connectivity index (χ1v) is 6.49. The lowest BCUT2D eigenvalue weighted by Crippen LogP contribution is -2.42. The number of nitrogens with two attached hydrogens (primary N) is 1. The zero-order chi connectivity index (χ0) is 13.2. The summed E-state index contributed by atoms with van der Waals surface area (Å²) in [5.41, 5.74) is 7.01. The van der Waals surface area contributed by atoms with Crippen LogP contribution >= 0.6 is 0 Å². The highest BCUT2D eigenvalue weighted by Gasteiger charge is 2.32. The fraction of sp³-hybridized carbons (Fsp3) is 0.692. The summed E-state index contributed by atoms with van der Waals surface area (Å²) in [7, 11) is 3.70. The van der Waals surface area contributed by atoms with E-state index >= 15 is 0 Å². The Morgan fingerprint density at radius 2 is 2.22 bits per heavy atom. The van der Waals surface area contributed by atoms with Crippen molar-refractivity contribution in [3.05, 3.63) is 18.0 Å². The second-order valence-electron chi connectivity index (χ2n) is 5.52. The summed E-state index contributed by atoms with van der Waals surface area (Å²) in [6.07, 6.45) is 8.42. The Morgan fingerprint density at radius 3 is 2.78 bits per heavy atom. The molecule has 5 heteroatoms. The largest absolute Gasteiger partial charge is 0.341 e. The molecule has 0 saturated heterocycles. The van der Waals surface area contributed by atoms with Gasteiger partial charge in [0.2, 0.25) is 5.91 Å². The predicted molar refractivity (Wildman–Crippen MR) is 69.7 cm³/mol. The number of hydrogen-bond donors (Lipinski definition) is 1. The highest BCUT2D eigenvalue weighted by Crippen LogP contribution is 2.30. The number of aromatic nitrogens is 2. The Bertz CT molecular complexity index is 420. The number of carbonyl (C=O) groups excluding carboxylic acids is 1. The van der Waals surface area contributed by atoms with Gasteiger partial charge in [-0.1, -0.05) is 12.8 Å². The lowest BCUT2D eigenvalue weighted by atomic mass is 9.94. The Morgan fingerprint density at radius 1 is 1.56 bits per heavy atom. The van der Waals surface area contributed by atoms with E-state index < -0.39 is 0 Å². The second kappa shape index (κ2) is 5.10. The van der Waals surface area contributed by atoms with Gasteiger partial charge in [-0.05, 0) is 12.8 Å². The number of nitrogens with zero attached hydrogens (tertiary/aromatic N) is 3. The Kier molecular flexibility index (Phi) is 3.71. The molecule has 0 bridgehead atoms. The van der Waals surface area contributed by atoms with Crippen LogP contribution in [0.25, 0.3) is 0 Å². The molecule has 2 rings (SSSR count). The Labute approximate surface area is 108 Å². The molecule has 5 nitrogen and oxygen atoms in total. The Balaban J connectivity index is 1.88. The number of carbonyl (C=O) groups is 1. The fourth-order valence-corrected chi connectivity index (χ4v) is 2.61. The summed E-state index contributed by atoms with van der Waals surface area (Å²) in [6, 6.07) is 0. The standard InChI is InChI=1S/C13H22N4O/c1-16(9-11-8-15-17(2)10-11)12(18)7-13(14)5-3-4-6-13/h8,10H,3-7,9,14H2,1-2H3. The van der Waals surface area contributed by atoms with Crippen molar-refractivity contribution >= 4 is 5.91 Å². The van der Waals surface area contributed by atoms with Crippen LogP contribution in [0.15, 0.2) is 12.4 Å². The molecule has 1 heterocycles. The summed E-state index contributed by atoms with van der Waals surface area (Å²) in [5, 5.41) is 4.10. The molecule has 1 saturated carbocycles. The van der Waals surface area contributed by atoms with Crippen molar-refractivity contribution in [2.45, 2.75) is 44.2 Å². The van der Waals surface area contributed by atoms with Gasteiger partial charge in [-0.15, -0.1) is 0 Å². The van der Waals surface area contributed by atoms with Crippen molar-refractivity contribution in [1.29, 1.82) is 0 Å². The van der Waals surface area contributed by atoms with Crippen molar-refractivity contribution in [3.8, 4) is 0 Å². The summed E-state index contributed by atoms with van der Waals surface area (Å²) in [4.78, 5) is 13.9. The fourth-order valence-electron chi connectivity index (χ4n) is 2.61. The van der Waals surface area contributed by atoms with Crippen LogP contribution in [-0.2, 0) is 18.4 Å². The van der Waals surface area contributed by atoms with Gasteiger partial charge in [0.1, 0.15) is 0 Å². The number of hydrogen-bond acceptors (Lipinski definition) is 3. The van der Waals surface area contributed by atoms with Crippen molar-refractivity contribution in [1.82, 2.24) is 14.7 Å². The Hall–Kier alpha value is -1.36. The molecule has 1 aromatic rings. The van der Waals surface area contributed by atoms with Crippen molar-refractivity contribution < 1.29 is 4.79 Å². The number of aryl methyl sites for hydroxylation is 1. The monoisotopic (exact) mass is 250 g/mol. The van der Waals surface area contributed by atoms with Crippen molar-refractivity contribution in [2.24, 2.45) is 12.8 Å². The number of rotatable bonds is 4. The van der Waals surface area contributed by atoms with Crippen LogP contribution < -0.4 is 5.73 Å². The molecule has 2 N–H and O–H groups in total. The first kappa shape index (κ1) is 13.1. The summed E-state index contributed by atoms with van der Waals surface area (Å²) >= 11 is 0. The van der Waals surface area contributed by atoms with E-state index in [4.69, 9.17) is 5.73 Å². The molecule has 0 unspecified atom stereocenters. The SMILES string of the molecule is CN(Cc1cnn(C)c1)C(=O)CC1(N)CCCC1. The molecular weight excluding hydrogens is 228 g/mol. The molecule has 0 radical (unpaired) electrons. The predicted octanol–water partition coefficient (Wildman–Crippen LogP) is 1.04. The van der Waals surface area contributed by atoms with E-state index in [9.17, 15) is 4.79 Å². The van der Waals surface area contributed by atoms with Crippen molar-refractivity contribution in [2.75, 3.05) is 7.05 Å². The van der Waals surface area contributed by atoms with E-state index in [0.717, 1.165) is 31.2 Å². The minimum Gasteiger partial charge on any atom is -0.341 e. The third kappa shape index (κ3) is 3.10. The van der Waals surface area contributed by atoms with Gasteiger partial charge in [-0.25, -0.2) is 0 Å². The van der Waals surface area contributed by atoms with Gasteiger partial charge >= 0.3 is 0 Å². The second-order valence-corrected chi connectivity index (χ2v) is 5.52. The normalized spacial score (nSPS) is 17.9. The molecule has 0 spiro atoms. The van der Waals surface area contributed by atoms with E-state index in [1.165, 1.54) is 0 Å². The van der Waals surface area contributed by atoms with Crippen LogP contribution in [0.1, 0.15) is 37.7 Å². The van der Waals surface area contributed by atoms with Gasteiger partial charge in [0, 0.05) is 44.4 Å². The molecule has 0 aliphatic heterocycles. The van der Waals surface area contributed by atoms with Crippen LogP contribution in [0, 0.1) is 0 Å². The van der Waals surface area contributed by atoms with Crippen LogP contribution in [0.2, 0.25) is 0 Å². The molecule has 1 fully saturated rings. The maximum atomic E-state index is 12.1. The lowest BCUT2D eigenvalue weighted by Gasteiger charge is -2.26. The third-order valence-corrected chi connectivity index (χ3v) is 3.71. The topological polar surface area (TPSA) is 64.2 Å². The zero-order valence-electron chi connectivity index (χ0n) is 11.2. The molecule has 100 valence electrons. The van der Waals surface area contributed by atoms with Gasteiger partial charge in [-0.2, -0.15) is 5.10 Å². The quantitative estimate of drug-likeness (QED) is 0.868. The average Bonchev–Trinajstić information content (AvgIpc) is 2.88. The van der Waals surface area contributed by atoms with Gasteiger partial charge < -0.3 is 10.6 Å². The highest BCUT2D eigenvalue weighted by atomic mass is 16.2. The van der Waals surface area contributed by atoms with Gasteiger partial charge in [0.05, 0.1) is 6.20 Å². The van der Waals surface area contributed by atoms with E-state index in [1.54, 1.807) is 15.8 Å². The molecular formula is C13H22N4O. The van der Waals surface area contributed by atoms with E-state index in [1.807, 2.05) is 20.3 Å². The van der Waals surface area contributed by atoms with Crippen LogP contribution in [0.4, 0.5) is 0 Å². The molecule has 0 atom stereocenters. The number of amides is 1. The highest BCUT2D eigenvalue weighted by molar-refractivity contribution is 5.77. The first-order valence-electron chi connectivity index (χ1n) is 6.49. The maximum Gasteiger partial charge on any atom is 0.224 e. The molecule has 0 aromatic carbocycles. The van der Waals surface area contributed by atoms with Crippen LogP contribution in [0.5, 0.6) is 0 Å². The molecule has 18 heavy (non-hydrogen) atoms. The molecule has 1 amide bonds. The van der Waals surface area contributed by atoms with E-state index in [-0.39, 0.29) is 11.4 Å². The van der Waals surface area contributed by atoms with E-state index in [0.29, 0.717) is 13.0 Å². The average molecular weight is 250 g/mol. The van der Waals surface area contributed by atoms with Crippen molar-refractivity contribution in [3.63, 3.8) is 0 Å². The van der Waals surface area contributed by atoms with Crippen LogP contribution in [0.3, 0.4) is 0 Å². The summed E-state index contributed by atoms with van der Waals surface area (Å²) in [6.45, 7) is 0.600. The molecule has 1 aliphatic carbocycles. The minimum absolute atomic E-state index is 0.128.